The number of aliphatic hydroxyl groups is 1. The van der Waals surface area contributed by atoms with Gasteiger partial charge in [0.15, 0.2) is 0 Å². The van der Waals surface area contributed by atoms with E-state index in [2.05, 4.69) is 54.1 Å². The first-order valence-electron chi connectivity index (χ1n) is 10.9. The Morgan fingerprint density at radius 1 is 1.17 bits per heavy atom. The fraction of sp³-hybridized carbons (Fsp3) is 0.440. The number of likely N-dealkylation sites (tertiary alicyclic amines) is 1. The highest BCUT2D eigenvalue weighted by atomic mass is 16.3. The van der Waals surface area contributed by atoms with Gasteiger partial charge in [0.1, 0.15) is 6.61 Å². The van der Waals surface area contributed by atoms with Crippen LogP contribution < -0.4 is 0 Å². The third-order valence-corrected chi connectivity index (χ3v) is 6.26. The molecule has 1 aromatic carbocycles. The Balaban J connectivity index is 1.71. The van der Waals surface area contributed by atoms with Crippen LogP contribution in [0.2, 0.25) is 0 Å². The maximum absolute atomic E-state index is 11.8. The van der Waals surface area contributed by atoms with Gasteiger partial charge >= 0.3 is 0 Å². The molecule has 158 valence electrons. The van der Waals surface area contributed by atoms with Gasteiger partial charge in [0.05, 0.1) is 5.69 Å². The van der Waals surface area contributed by atoms with Crippen molar-refractivity contribution < 1.29 is 9.90 Å². The van der Waals surface area contributed by atoms with Gasteiger partial charge in [-0.05, 0) is 73.9 Å². The molecule has 3 aromatic rings. The Kier molecular flexibility index (Phi) is 5.65. The van der Waals surface area contributed by atoms with Crippen LogP contribution in [-0.4, -0.2) is 45.6 Å². The summed E-state index contributed by atoms with van der Waals surface area (Å²) in [4.78, 5) is 21.7. The maximum atomic E-state index is 11.8. The molecule has 5 nitrogen and oxygen atoms in total. The van der Waals surface area contributed by atoms with E-state index in [1.807, 2.05) is 13.8 Å². The topological polar surface area (TPSA) is 69.2 Å². The summed E-state index contributed by atoms with van der Waals surface area (Å²) in [6.07, 6.45) is 1.88. The van der Waals surface area contributed by atoms with Crippen LogP contribution in [0.1, 0.15) is 61.0 Å². The summed E-state index contributed by atoms with van der Waals surface area (Å²) in [6.45, 7) is 9.62. The van der Waals surface area contributed by atoms with Crippen molar-refractivity contribution in [1.82, 2.24) is 14.9 Å². The summed E-state index contributed by atoms with van der Waals surface area (Å²) in [5.41, 5.74) is 8.30. The second-order valence-corrected chi connectivity index (χ2v) is 8.83. The predicted octanol–water partition coefficient (Wildman–Crippen LogP) is 4.67. The highest BCUT2D eigenvalue weighted by molar-refractivity contribution is 5.92. The number of aliphatic hydroxyl groups excluding tert-OH is 1. The molecule has 0 spiro atoms. The zero-order valence-corrected chi connectivity index (χ0v) is 18.3. The SMILES string of the molecule is Cc1cc(-c2[nH]c3ccc(C4CCN(C(=O)CO)CC4)cc3c2C(C)C)cc(C)n1. The lowest BCUT2D eigenvalue weighted by atomic mass is 9.87. The van der Waals surface area contributed by atoms with Crippen LogP contribution in [0.5, 0.6) is 0 Å². The van der Waals surface area contributed by atoms with Crippen molar-refractivity contribution in [2.24, 2.45) is 0 Å². The first kappa shape index (κ1) is 20.6. The number of aryl methyl sites for hydroxylation is 2. The third-order valence-electron chi connectivity index (χ3n) is 6.26. The number of amides is 1. The first-order valence-corrected chi connectivity index (χ1v) is 10.9. The molecule has 1 fully saturated rings. The van der Waals surface area contributed by atoms with Gasteiger partial charge in [-0.1, -0.05) is 19.9 Å². The minimum Gasteiger partial charge on any atom is -0.387 e. The summed E-state index contributed by atoms with van der Waals surface area (Å²) in [7, 11) is 0. The first-order chi connectivity index (χ1) is 14.4. The van der Waals surface area contributed by atoms with Gasteiger partial charge in [-0.3, -0.25) is 9.78 Å². The normalized spacial score (nSPS) is 15.3. The number of aromatic nitrogens is 2. The van der Waals surface area contributed by atoms with E-state index in [0.29, 0.717) is 24.9 Å². The molecule has 3 heterocycles. The van der Waals surface area contributed by atoms with Crippen molar-refractivity contribution in [2.45, 2.75) is 52.4 Å². The summed E-state index contributed by atoms with van der Waals surface area (Å²) in [6, 6.07) is 11.1. The number of benzene rings is 1. The number of piperidine rings is 1. The van der Waals surface area contributed by atoms with E-state index in [1.54, 1.807) is 4.90 Å². The highest BCUT2D eigenvalue weighted by Gasteiger charge is 2.24. The van der Waals surface area contributed by atoms with Gasteiger partial charge in [0, 0.05) is 40.9 Å². The fourth-order valence-electron chi connectivity index (χ4n) is 4.85. The lowest BCUT2D eigenvalue weighted by Gasteiger charge is -2.32. The molecule has 4 rings (SSSR count). The number of hydrogen-bond acceptors (Lipinski definition) is 3. The van der Waals surface area contributed by atoms with Crippen LogP contribution >= 0.6 is 0 Å². The molecule has 1 aliphatic heterocycles. The number of carbonyl (C=O) groups is 1. The molecule has 0 radical (unpaired) electrons. The summed E-state index contributed by atoms with van der Waals surface area (Å²) in [5, 5.41) is 10.4. The summed E-state index contributed by atoms with van der Waals surface area (Å²) >= 11 is 0. The Bertz CT molecular complexity index is 1060. The lowest BCUT2D eigenvalue weighted by molar-refractivity contribution is -0.135. The molecule has 30 heavy (non-hydrogen) atoms. The second kappa shape index (κ2) is 8.23. The molecule has 0 atom stereocenters. The van der Waals surface area contributed by atoms with Crippen LogP contribution in [0.15, 0.2) is 30.3 Å². The van der Waals surface area contributed by atoms with Crippen LogP contribution in [0.4, 0.5) is 0 Å². The molecule has 0 saturated carbocycles. The van der Waals surface area contributed by atoms with Crippen LogP contribution in [0.3, 0.4) is 0 Å². The molecule has 5 heteroatoms. The van der Waals surface area contributed by atoms with Gasteiger partial charge in [0.2, 0.25) is 5.91 Å². The Morgan fingerprint density at radius 2 is 1.83 bits per heavy atom. The number of carbonyl (C=O) groups excluding carboxylic acids is 1. The van der Waals surface area contributed by atoms with Gasteiger partial charge in [-0.2, -0.15) is 0 Å². The van der Waals surface area contributed by atoms with Crippen LogP contribution in [0, 0.1) is 13.8 Å². The van der Waals surface area contributed by atoms with E-state index < -0.39 is 6.61 Å². The van der Waals surface area contributed by atoms with Crippen molar-refractivity contribution in [1.29, 1.82) is 0 Å². The van der Waals surface area contributed by atoms with Gasteiger partial charge in [-0.25, -0.2) is 0 Å². The average molecular weight is 406 g/mol. The molecule has 0 unspecified atom stereocenters. The smallest absolute Gasteiger partial charge is 0.248 e. The predicted molar refractivity (Wildman–Crippen MR) is 121 cm³/mol. The van der Waals surface area contributed by atoms with E-state index in [-0.39, 0.29) is 5.91 Å². The van der Waals surface area contributed by atoms with Crippen LogP contribution in [0.25, 0.3) is 22.2 Å². The highest BCUT2D eigenvalue weighted by Crippen LogP contribution is 2.38. The van der Waals surface area contributed by atoms with Crippen molar-refractivity contribution in [3.63, 3.8) is 0 Å². The molecule has 1 saturated heterocycles. The second-order valence-electron chi connectivity index (χ2n) is 8.83. The largest absolute Gasteiger partial charge is 0.387 e. The minimum absolute atomic E-state index is 0.163. The molecule has 2 N–H and O–H groups in total. The Hall–Kier alpha value is -2.66. The van der Waals surface area contributed by atoms with Gasteiger partial charge < -0.3 is 15.0 Å². The van der Waals surface area contributed by atoms with E-state index in [4.69, 9.17) is 5.11 Å². The molecule has 1 aliphatic rings. The van der Waals surface area contributed by atoms with Gasteiger partial charge in [-0.15, -0.1) is 0 Å². The number of nitrogens with zero attached hydrogens (tertiary/aromatic N) is 2. The monoisotopic (exact) mass is 405 g/mol. The Morgan fingerprint density at radius 3 is 2.43 bits per heavy atom. The number of pyridine rings is 1. The number of hydrogen-bond donors (Lipinski definition) is 2. The average Bonchev–Trinajstić information content (AvgIpc) is 3.11. The molecule has 0 bridgehead atoms. The molecule has 0 aliphatic carbocycles. The van der Waals surface area contributed by atoms with E-state index >= 15 is 0 Å². The zero-order valence-electron chi connectivity index (χ0n) is 18.3. The number of rotatable bonds is 4. The standard InChI is InChI=1S/C25H31N3O2/c1-15(2)24-21-13-19(18-7-9-28(10-8-18)23(30)14-29)5-6-22(21)27-25(24)20-11-16(3)26-17(4)12-20/h5-6,11-13,15,18,27,29H,7-10,14H2,1-4H3. The molecular formula is C25H31N3O2. The number of fused-ring (bicyclic) bond motifs is 1. The van der Waals surface area contributed by atoms with E-state index in [1.165, 1.54) is 27.8 Å². The number of nitrogens with one attached hydrogen (secondary N) is 1. The van der Waals surface area contributed by atoms with Crippen molar-refractivity contribution in [2.75, 3.05) is 19.7 Å². The maximum Gasteiger partial charge on any atom is 0.248 e. The van der Waals surface area contributed by atoms with E-state index in [0.717, 1.165) is 29.7 Å². The van der Waals surface area contributed by atoms with Crippen molar-refractivity contribution >= 4 is 16.8 Å². The quantitative estimate of drug-likeness (QED) is 0.663. The van der Waals surface area contributed by atoms with Gasteiger partial charge in [0.25, 0.3) is 0 Å². The Labute approximate surface area is 178 Å². The molecule has 1 amide bonds. The third kappa shape index (κ3) is 3.86. The number of aromatic amines is 1. The lowest BCUT2D eigenvalue weighted by Crippen LogP contribution is -2.39. The minimum atomic E-state index is -0.394. The zero-order chi connectivity index (χ0) is 21.4. The van der Waals surface area contributed by atoms with Crippen molar-refractivity contribution in [3.05, 3.63) is 52.8 Å². The van der Waals surface area contributed by atoms with Crippen molar-refractivity contribution in [3.8, 4) is 11.3 Å². The molecule has 2 aromatic heterocycles. The summed E-state index contributed by atoms with van der Waals surface area (Å²) < 4.78 is 0. The van der Waals surface area contributed by atoms with E-state index in [9.17, 15) is 4.79 Å². The molecular weight excluding hydrogens is 374 g/mol. The number of H-pyrrole nitrogens is 1. The fourth-order valence-corrected chi connectivity index (χ4v) is 4.85. The van der Waals surface area contributed by atoms with Crippen LogP contribution in [-0.2, 0) is 4.79 Å². The summed E-state index contributed by atoms with van der Waals surface area (Å²) in [5.74, 6) is 0.673.